The molecule has 0 fully saturated rings. The summed E-state index contributed by atoms with van der Waals surface area (Å²) in [6.07, 6.45) is 0. The highest BCUT2D eigenvalue weighted by Gasteiger charge is 2.15. The normalized spacial score (nSPS) is 10.7. The van der Waals surface area contributed by atoms with Crippen molar-refractivity contribution in [3.05, 3.63) is 54.3 Å². The average Bonchev–Trinajstić information content (AvgIpc) is 3.03. The minimum atomic E-state index is -0.340. The van der Waals surface area contributed by atoms with Crippen molar-refractivity contribution in [1.29, 1.82) is 0 Å². The highest BCUT2D eigenvalue weighted by atomic mass is 32.2. The van der Waals surface area contributed by atoms with Gasteiger partial charge in [-0.05, 0) is 31.2 Å². The molecule has 0 aliphatic rings. The second-order valence-electron chi connectivity index (χ2n) is 5.45. The number of amides is 1. The first kappa shape index (κ1) is 17.9. The van der Waals surface area contributed by atoms with Crippen molar-refractivity contribution in [3.8, 4) is 17.1 Å². The molecule has 0 aliphatic heterocycles. The number of carbonyl (C=O) groups excluding carboxylic acids is 1. The van der Waals surface area contributed by atoms with Gasteiger partial charge in [0.05, 0.1) is 5.75 Å². The smallest absolute Gasteiger partial charge is 0.234 e. The fourth-order valence-corrected chi connectivity index (χ4v) is 3.23. The van der Waals surface area contributed by atoms with Gasteiger partial charge in [0, 0.05) is 23.9 Å². The van der Waals surface area contributed by atoms with Gasteiger partial charge in [0.15, 0.2) is 11.0 Å². The molecule has 8 heteroatoms. The molecule has 0 aliphatic carbocycles. The monoisotopic (exact) mass is 372 g/mol. The van der Waals surface area contributed by atoms with Gasteiger partial charge in [-0.2, -0.15) is 0 Å². The Kier molecular flexibility index (Phi) is 5.52. The van der Waals surface area contributed by atoms with E-state index in [2.05, 4.69) is 15.5 Å². The molecule has 1 amide bonds. The summed E-state index contributed by atoms with van der Waals surface area (Å²) in [6.45, 7) is 2.53. The fourth-order valence-electron chi connectivity index (χ4n) is 2.43. The molecule has 3 rings (SSSR count). The topological polar surface area (TPSA) is 80.0 Å². The van der Waals surface area contributed by atoms with Crippen molar-refractivity contribution in [2.45, 2.75) is 18.6 Å². The Morgan fingerprint density at radius 1 is 1.23 bits per heavy atom. The number of phenols is 1. The van der Waals surface area contributed by atoms with Gasteiger partial charge < -0.3 is 15.0 Å². The molecule has 0 saturated heterocycles. The van der Waals surface area contributed by atoms with E-state index in [4.69, 9.17) is 0 Å². The number of aromatic hydroxyl groups is 1. The minimum Gasteiger partial charge on any atom is -0.508 e. The van der Waals surface area contributed by atoms with Crippen LogP contribution in [0.2, 0.25) is 0 Å². The summed E-state index contributed by atoms with van der Waals surface area (Å²) < 4.78 is 15.3. The van der Waals surface area contributed by atoms with Gasteiger partial charge in [0.25, 0.3) is 0 Å². The number of aromatic nitrogens is 3. The molecule has 0 bridgehead atoms. The maximum Gasteiger partial charge on any atom is 0.234 e. The summed E-state index contributed by atoms with van der Waals surface area (Å²) in [5.41, 5.74) is 1.16. The number of hydrogen-bond acceptors (Lipinski definition) is 5. The second-order valence-corrected chi connectivity index (χ2v) is 6.39. The number of phenolic OH excluding ortho intramolecular Hbond substituents is 1. The van der Waals surface area contributed by atoms with Gasteiger partial charge in [-0.1, -0.05) is 30.0 Å². The van der Waals surface area contributed by atoms with Crippen LogP contribution in [-0.4, -0.2) is 31.5 Å². The van der Waals surface area contributed by atoms with E-state index >= 15 is 0 Å². The summed E-state index contributed by atoms with van der Waals surface area (Å²) in [6, 6.07) is 12.5. The number of benzene rings is 2. The molecule has 2 aromatic carbocycles. The van der Waals surface area contributed by atoms with Crippen LogP contribution in [0.4, 0.5) is 10.1 Å². The fraction of sp³-hybridized carbons (Fsp3) is 0.167. The molecule has 0 spiro atoms. The van der Waals surface area contributed by atoms with Crippen molar-refractivity contribution in [2.75, 3.05) is 11.1 Å². The number of anilines is 1. The van der Waals surface area contributed by atoms with Gasteiger partial charge in [0.1, 0.15) is 11.6 Å². The van der Waals surface area contributed by atoms with Gasteiger partial charge in [-0.15, -0.1) is 10.2 Å². The largest absolute Gasteiger partial charge is 0.508 e. The third kappa shape index (κ3) is 4.20. The zero-order valence-electron chi connectivity index (χ0n) is 14.0. The summed E-state index contributed by atoms with van der Waals surface area (Å²) in [7, 11) is 0. The molecule has 26 heavy (non-hydrogen) atoms. The Labute approximate surface area is 154 Å². The van der Waals surface area contributed by atoms with Gasteiger partial charge in [-0.25, -0.2) is 4.39 Å². The zero-order valence-corrected chi connectivity index (χ0v) is 14.8. The van der Waals surface area contributed by atoms with Gasteiger partial charge >= 0.3 is 0 Å². The lowest BCUT2D eigenvalue weighted by Gasteiger charge is -2.08. The van der Waals surface area contributed by atoms with E-state index in [1.807, 2.05) is 11.5 Å². The molecule has 6 nitrogen and oxygen atoms in total. The van der Waals surface area contributed by atoms with Crippen molar-refractivity contribution in [3.63, 3.8) is 0 Å². The van der Waals surface area contributed by atoms with Crippen LogP contribution >= 0.6 is 11.8 Å². The van der Waals surface area contributed by atoms with Crippen LogP contribution in [0.5, 0.6) is 5.75 Å². The third-order valence-electron chi connectivity index (χ3n) is 3.58. The van der Waals surface area contributed by atoms with Crippen LogP contribution in [0.1, 0.15) is 6.92 Å². The zero-order chi connectivity index (χ0) is 18.5. The number of thioether (sulfide) groups is 1. The van der Waals surface area contributed by atoms with Crippen LogP contribution in [-0.2, 0) is 11.3 Å². The van der Waals surface area contributed by atoms with Crippen LogP contribution in [0.25, 0.3) is 11.4 Å². The summed E-state index contributed by atoms with van der Waals surface area (Å²) in [5.74, 6) is 0.215. The predicted molar refractivity (Wildman–Crippen MR) is 98.6 cm³/mol. The van der Waals surface area contributed by atoms with E-state index in [0.29, 0.717) is 28.8 Å². The standard InChI is InChI=1S/C18H17FN4O2S/c1-2-23-17(12-5-3-6-13(19)9-12)21-22-18(23)26-11-16(25)20-14-7-4-8-15(24)10-14/h3-10,24H,2,11H2,1H3,(H,20,25). The molecule has 0 unspecified atom stereocenters. The number of nitrogens with one attached hydrogen (secondary N) is 1. The van der Waals surface area contributed by atoms with E-state index in [1.165, 1.54) is 36.0 Å². The Bertz CT molecular complexity index is 929. The molecular formula is C18H17FN4O2S. The first-order valence-electron chi connectivity index (χ1n) is 7.97. The lowest BCUT2D eigenvalue weighted by atomic mass is 10.2. The van der Waals surface area contributed by atoms with Crippen LogP contribution < -0.4 is 5.32 Å². The Morgan fingerprint density at radius 3 is 2.77 bits per heavy atom. The molecule has 0 saturated carbocycles. The maximum atomic E-state index is 13.5. The second kappa shape index (κ2) is 8.01. The SMILES string of the molecule is CCn1c(SCC(=O)Nc2cccc(O)c2)nnc1-c1cccc(F)c1. The molecule has 3 aromatic rings. The lowest BCUT2D eigenvalue weighted by molar-refractivity contribution is -0.113. The van der Waals surface area contributed by atoms with E-state index in [9.17, 15) is 14.3 Å². The lowest BCUT2D eigenvalue weighted by Crippen LogP contribution is -2.14. The molecular weight excluding hydrogens is 355 g/mol. The van der Waals surface area contributed by atoms with Crippen molar-refractivity contribution in [1.82, 2.24) is 14.8 Å². The first-order chi connectivity index (χ1) is 12.6. The summed E-state index contributed by atoms with van der Waals surface area (Å²) >= 11 is 1.24. The molecule has 134 valence electrons. The molecule has 2 N–H and O–H groups in total. The predicted octanol–water partition coefficient (Wildman–Crippen LogP) is 3.54. The summed E-state index contributed by atoms with van der Waals surface area (Å²) in [4.78, 5) is 12.1. The number of carbonyl (C=O) groups is 1. The Hall–Kier alpha value is -2.87. The highest BCUT2D eigenvalue weighted by molar-refractivity contribution is 7.99. The van der Waals surface area contributed by atoms with E-state index in [-0.39, 0.29) is 23.2 Å². The van der Waals surface area contributed by atoms with E-state index < -0.39 is 0 Å². The van der Waals surface area contributed by atoms with E-state index in [1.54, 1.807) is 24.3 Å². The van der Waals surface area contributed by atoms with E-state index in [0.717, 1.165) is 0 Å². The number of hydrogen-bond donors (Lipinski definition) is 2. The first-order valence-corrected chi connectivity index (χ1v) is 8.96. The van der Waals surface area contributed by atoms with Crippen molar-refractivity contribution < 1.29 is 14.3 Å². The van der Waals surface area contributed by atoms with Crippen LogP contribution in [0, 0.1) is 5.82 Å². The Morgan fingerprint density at radius 2 is 2.04 bits per heavy atom. The number of rotatable bonds is 6. The minimum absolute atomic E-state index is 0.0842. The Balaban J connectivity index is 1.69. The average molecular weight is 372 g/mol. The quantitative estimate of drug-likeness (QED) is 0.647. The molecule has 1 aromatic heterocycles. The van der Waals surface area contributed by atoms with Crippen LogP contribution in [0.3, 0.4) is 0 Å². The third-order valence-corrected chi connectivity index (χ3v) is 4.54. The molecule has 0 radical (unpaired) electrons. The number of nitrogens with zero attached hydrogens (tertiary/aromatic N) is 3. The number of halogens is 1. The highest BCUT2D eigenvalue weighted by Crippen LogP contribution is 2.24. The van der Waals surface area contributed by atoms with Crippen molar-refractivity contribution in [2.24, 2.45) is 0 Å². The molecule has 1 heterocycles. The summed E-state index contributed by atoms with van der Waals surface area (Å²) in [5, 5.41) is 21.0. The molecule has 0 atom stereocenters. The van der Waals surface area contributed by atoms with Gasteiger partial charge in [0.2, 0.25) is 5.91 Å². The maximum absolute atomic E-state index is 13.5. The van der Waals surface area contributed by atoms with Crippen molar-refractivity contribution >= 4 is 23.4 Å². The van der Waals surface area contributed by atoms with Crippen LogP contribution in [0.15, 0.2) is 53.7 Å². The van der Waals surface area contributed by atoms with Gasteiger partial charge in [-0.3, -0.25) is 4.79 Å².